The van der Waals surface area contributed by atoms with Gasteiger partial charge in [-0.05, 0) is 18.2 Å². The van der Waals surface area contributed by atoms with E-state index < -0.39 is 0 Å². The van der Waals surface area contributed by atoms with Crippen LogP contribution in [0, 0.1) is 11.3 Å². The van der Waals surface area contributed by atoms with Crippen molar-refractivity contribution < 1.29 is 4.74 Å². The minimum atomic E-state index is 0.296. The molecule has 1 aromatic heterocycles. The monoisotopic (exact) mass is 292 g/mol. The van der Waals surface area contributed by atoms with Crippen LogP contribution >= 0.6 is 15.9 Å². The summed E-state index contributed by atoms with van der Waals surface area (Å²) in [7, 11) is 1.79. The number of hydrogen-bond acceptors (Lipinski definition) is 4. The van der Waals surface area contributed by atoms with Gasteiger partial charge in [-0.25, -0.2) is 0 Å². The maximum atomic E-state index is 8.96. The first-order valence-electron chi connectivity index (χ1n) is 4.86. The van der Waals surface area contributed by atoms with Gasteiger partial charge in [-0.3, -0.25) is 4.68 Å². The molecule has 5 nitrogen and oxygen atoms in total. The van der Waals surface area contributed by atoms with Gasteiger partial charge in [0.25, 0.3) is 0 Å². The van der Waals surface area contributed by atoms with Gasteiger partial charge in [-0.1, -0.05) is 21.1 Å². The largest absolute Gasteiger partial charge is 0.486 e. The Bertz CT molecular complexity index is 573. The SMILES string of the molecule is Cn1cc(COc2ccc(Br)cc2C#N)nn1. The van der Waals surface area contributed by atoms with Crippen LogP contribution in [0.15, 0.2) is 28.9 Å². The maximum Gasteiger partial charge on any atom is 0.137 e. The molecule has 0 saturated heterocycles. The molecular weight excluding hydrogens is 284 g/mol. The van der Waals surface area contributed by atoms with Crippen molar-refractivity contribution in [1.82, 2.24) is 15.0 Å². The summed E-state index contributed by atoms with van der Waals surface area (Å²) in [5, 5.41) is 16.7. The summed E-state index contributed by atoms with van der Waals surface area (Å²) in [6, 6.07) is 7.37. The molecule has 0 fully saturated rings. The third-order valence-corrected chi connectivity index (χ3v) is 2.58. The molecule has 0 radical (unpaired) electrons. The van der Waals surface area contributed by atoms with Crippen LogP contribution in [0.25, 0.3) is 0 Å². The average Bonchev–Trinajstić information content (AvgIpc) is 2.73. The van der Waals surface area contributed by atoms with Gasteiger partial charge in [-0.15, -0.1) is 5.10 Å². The van der Waals surface area contributed by atoms with E-state index >= 15 is 0 Å². The Morgan fingerprint density at radius 1 is 1.53 bits per heavy atom. The van der Waals surface area contributed by atoms with Gasteiger partial charge in [0.15, 0.2) is 0 Å². The van der Waals surface area contributed by atoms with Gasteiger partial charge < -0.3 is 4.74 Å². The number of nitriles is 1. The van der Waals surface area contributed by atoms with Crippen molar-refractivity contribution in [1.29, 1.82) is 5.26 Å². The smallest absolute Gasteiger partial charge is 0.137 e. The van der Waals surface area contributed by atoms with E-state index in [9.17, 15) is 0 Å². The molecule has 0 aliphatic heterocycles. The van der Waals surface area contributed by atoms with E-state index in [2.05, 4.69) is 32.3 Å². The zero-order valence-corrected chi connectivity index (χ0v) is 10.7. The van der Waals surface area contributed by atoms with Gasteiger partial charge >= 0.3 is 0 Å². The molecule has 0 atom stereocenters. The fourth-order valence-corrected chi connectivity index (χ4v) is 1.69. The summed E-state index contributed by atoms with van der Waals surface area (Å²) in [5.41, 5.74) is 1.21. The quantitative estimate of drug-likeness (QED) is 0.868. The van der Waals surface area contributed by atoms with Crippen molar-refractivity contribution in [2.24, 2.45) is 7.05 Å². The maximum absolute atomic E-state index is 8.96. The Hall–Kier alpha value is -1.87. The lowest BCUT2D eigenvalue weighted by atomic mass is 10.2. The zero-order valence-electron chi connectivity index (χ0n) is 9.09. The van der Waals surface area contributed by atoms with Crippen molar-refractivity contribution in [3.63, 3.8) is 0 Å². The van der Waals surface area contributed by atoms with Crippen molar-refractivity contribution >= 4 is 15.9 Å². The second-order valence-electron chi connectivity index (χ2n) is 3.42. The number of ether oxygens (including phenoxy) is 1. The lowest BCUT2D eigenvalue weighted by molar-refractivity contribution is 0.300. The van der Waals surface area contributed by atoms with Crippen molar-refractivity contribution in [2.75, 3.05) is 0 Å². The fraction of sp³-hybridized carbons (Fsp3) is 0.182. The van der Waals surface area contributed by atoms with Gasteiger partial charge in [0.1, 0.15) is 24.1 Å². The minimum absolute atomic E-state index is 0.296. The van der Waals surface area contributed by atoms with Gasteiger partial charge in [0, 0.05) is 11.5 Å². The Kier molecular flexibility index (Phi) is 3.40. The van der Waals surface area contributed by atoms with E-state index in [4.69, 9.17) is 10.00 Å². The first-order chi connectivity index (χ1) is 8.19. The highest BCUT2D eigenvalue weighted by molar-refractivity contribution is 9.10. The van der Waals surface area contributed by atoms with Crippen LogP contribution in [-0.4, -0.2) is 15.0 Å². The van der Waals surface area contributed by atoms with E-state index in [-0.39, 0.29) is 0 Å². The number of nitrogens with zero attached hydrogens (tertiary/aromatic N) is 4. The molecule has 0 saturated carbocycles. The zero-order chi connectivity index (χ0) is 12.3. The highest BCUT2D eigenvalue weighted by atomic mass is 79.9. The summed E-state index contributed by atoms with van der Waals surface area (Å²) >= 11 is 3.30. The molecule has 0 bridgehead atoms. The van der Waals surface area contributed by atoms with Crippen LogP contribution in [0.3, 0.4) is 0 Å². The first kappa shape index (κ1) is 11.6. The molecule has 1 heterocycles. The molecule has 1 aromatic carbocycles. The molecule has 17 heavy (non-hydrogen) atoms. The van der Waals surface area contributed by atoms with Crippen molar-refractivity contribution in [3.8, 4) is 11.8 Å². The molecule has 2 aromatic rings. The van der Waals surface area contributed by atoms with Crippen LogP contribution < -0.4 is 4.74 Å². The third-order valence-electron chi connectivity index (χ3n) is 2.09. The average molecular weight is 293 g/mol. The number of rotatable bonds is 3. The van der Waals surface area contributed by atoms with E-state index in [0.717, 1.165) is 10.2 Å². The predicted molar refractivity (Wildman–Crippen MR) is 64.2 cm³/mol. The van der Waals surface area contributed by atoms with E-state index in [1.165, 1.54) is 0 Å². The second kappa shape index (κ2) is 4.97. The highest BCUT2D eigenvalue weighted by Crippen LogP contribution is 2.22. The highest BCUT2D eigenvalue weighted by Gasteiger charge is 2.05. The standard InChI is InChI=1S/C11H9BrN4O/c1-16-6-10(14-15-16)7-17-11-3-2-9(12)4-8(11)5-13/h2-4,6H,7H2,1H3. The predicted octanol–water partition coefficient (Wildman–Crippen LogP) is 2.03. The van der Waals surface area contributed by atoms with E-state index in [1.807, 2.05) is 6.07 Å². The second-order valence-corrected chi connectivity index (χ2v) is 4.34. The normalized spacial score (nSPS) is 9.94. The number of halogens is 1. The molecule has 0 aliphatic rings. The van der Waals surface area contributed by atoms with Crippen LogP contribution in [0.1, 0.15) is 11.3 Å². The first-order valence-corrected chi connectivity index (χ1v) is 5.66. The van der Waals surface area contributed by atoms with Crippen LogP contribution in [0.4, 0.5) is 0 Å². The summed E-state index contributed by atoms with van der Waals surface area (Å²) < 4.78 is 7.97. The van der Waals surface area contributed by atoms with E-state index in [0.29, 0.717) is 17.9 Å². The Labute approximate surface area is 107 Å². The summed E-state index contributed by atoms with van der Waals surface area (Å²) in [6.45, 7) is 0.296. The summed E-state index contributed by atoms with van der Waals surface area (Å²) in [4.78, 5) is 0. The lowest BCUT2D eigenvalue weighted by Crippen LogP contribution is -1.97. The van der Waals surface area contributed by atoms with Gasteiger partial charge in [0.2, 0.25) is 0 Å². The molecule has 0 aliphatic carbocycles. The number of hydrogen-bond donors (Lipinski definition) is 0. The van der Waals surface area contributed by atoms with Crippen LogP contribution in [0.5, 0.6) is 5.75 Å². The summed E-state index contributed by atoms with van der Waals surface area (Å²) in [5.74, 6) is 0.543. The Morgan fingerprint density at radius 3 is 3.00 bits per heavy atom. The molecule has 6 heteroatoms. The molecule has 0 unspecified atom stereocenters. The molecule has 0 N–H and O–H groups in total. The number of aromatic nitrogens is 3. The van der Waals surface area contributed by atoms with E-state index in [1.54, 1.807) is 30.1 Å². The lowest BCUT2D eigenvalue weighted by Gasteiger charge is -2.05. The fourth-order valence-electron chi connectivity index (χ4n) is 1.33. The number of aryl methyl sites for hydroxylation is 1. The van der Waals surface area contributed by atoms with Crippen LogP contribution in [-0.2, 0) is 13.7 Å². The molecule has 0 spiro atoms. The Morgan fingerprint density at radius 2 is 2.35 bits per heavy atom. The van der Waals surface area contributed by atoms with Crippen LogP contribution in [0.2, 0.25) is 0 Å². The molecule has 86 valence electrons. The topological polar surface area (TPSA) is 63.7 Å². The summed E-state index contributed by atoms with van der Waals surface area (Å²) in [6.07, 6.45) is 1.77. The molecule has 2 rings (SSSR count). The van der Waals surface area contributed by atoms with Crippen molar-refractivity contribution in [2.45, 2.75) is 6.61 Å². The van der Waals surface area contributed by atoms with Gasteiger partial charge in [-0.2, -0.15) is 5.26 Å². The minimum Gasteiger partial charge on any atom is -0.486 e. The van der Waals surface area contributed by atoms with Gasteiger partial charge in [0.05, 0.1) is 11.8 Å². The molecular formula is C11H9BrN4O. The van der Waals surface area contributed by atoms with Crippen molar-refractivity contribution in [3.05, 3.63) is 40.1 Å². The molecule has 0 amide bonds. The Balaban J connectivity index is 2.12. The third kappa shape index (κ3) is 2.82. The number of benzene rings is 1.